The molecule has 2 aromatic carbocycles. The maximum Gasteiger partial charge on any atom is 0.416 e. The van der Waals surface area contributed by atoms with Crippen LogP contribution in [0.1, 0.15) is 16.1 Å². The summed E-state index contributed by atoms with van der Waals surface area (Å²) >= 11 is 6.02. The quantitative estimate of drug-likeness (QED) is 0.400. The largest absolute Gasteiger partial charge is 0.479 e. The molecule has 0 radical (unpaired) electrons. The second-order valence-corrected chi connectivity index (χ2v) is 6.86. The van der Waals surface area contributed by atoms with Gasteiger partial charge in [-0.15, -0.1) is 0 Å². The van der Waals surface area contributed by atoms with Gasteiger partial charge in [0.2, 0.25) is 5.76 Å². The van der Waals surface area contributed by atoms with Crippen molar-refractivity contribution in [2.75, 3.05) is 6.54 Å². The van der Waals surface area contributed by atoms with Crippen molar-refractivity contribution in [2.45, 2.75) is 12.6 Å². The van der Waals surface area contributed by atoms with E-state index in [0.717, 1.165) is 22.9 Å². The number of halogens is 1. The number of aliphatic hydroxyl groups is 1. The number of hydrogen-bond acceptors (Lipinski definition) is 6. The van der Waals surface area contributed by atoms with E-state index in [0.29, 0.717) is 5.02 Å². The van der Waals surface area contributed by atoms with Gasteiger partial charge in [-0.1, -0.05) is 48.0 Å². The van der Waals surface area contributed by atoms with Crippen LogP contribution in [0, 0.1) is 0 Å². The van der Waals surface area contributed by atoms with Gasteiger partial charge in [-0.3, -0.25) is 15.2 Å². The van der Waals surface area contributed by atoms with Gasteiger partial charge in [0.15, 0.2) is 6.10 Å². The van der Waals surface area contributed by atoms with Crippen molar-refractivity contribution < 1.29 is 24.2 Å². The predicted molar refractivity (Wildman–Crippen MR) is 108 cm³/mol. The number of benzene rings is 2. The molecule has 1 heterocycles. The molecule has 0 bridgehead atoms. The van der Waals surface area contributed by atoms with Crippen LogP contribution in [0.4, 0.5) is 0 Å². The smallest absolute Gasteiger partial charge is 0.416 e. The summed E-state index contributed by atoms with van der Waals surface area (Å²) in [5, 5.41) is 20.5. The number of nitrogens with one attached hydrogen (secondary N) is 2. The third-order valence-corrected chi connectivity index (χ3v) is 4.41. The number of aliphatic carboxylic acids is 1. The minimum Gasteiger partial charge on any atom is -0.479 e. The number of oxazole rings is 1. The van der Waals surface area contributed by atoms with E-state index in [1.807, 2.05) is 30.3 Å². The van der Waals surface area contributed by atoms with E-state index < -0.39 is 23.7 Å². The lowest BCUT2D eigenvalue weighted by molar-refractivity contribution is -0.148. The van der Waals surface area contributed by atoms with Crippen molar-refractivity contribution in [3.05, 3.63) is 81.6 Å². The second-order valence-electron chi connectivity index (χ2n) is 6.43. The van der Waals surface area contributed by atoms with Crippen LogP contribution in [-0.2, 0) is 11.3 Å². The molecule has 30 heavy (non-hydrogen) atoms. The van der Waals surface area contributed by atoms with E-state index in [4.69, 9.17) is 16.7 Å². The Hall–Kier alpha value is -3.40. The first-order valence-corrected chi connectivity index (χ1v) is 9.20. The highest BCUT2D eigenvalue weighted by molar-refractivity contribution is 6.30. The molecule has 0 spiro atoms. The number of carbonyl (C=O) groups excluding carboxylic acids is 1. The van der Waals surface area contributed by atoms with Gasteiger partial charge in [-0.25, -0.2) is 14.6 Å². The zero-order valence-corrected chi connectivity index (χ0v) is 16.3. The summed E-state index contributed by atoms with van der Waals surface area (Å²) < 4.78 is 4.68. The van der Waals surface area contributed by atoms with Crippen molar-refractivity contribution in [2.24, 2.45) is 0 Å². The number of aromatic nitrogens is 1. The van der Waals surface area contributed by atoms with Crippen molar-refractivity contribution >= 4 is 23.5 Å². The molecule has 4 N–H and O–H groups in total. The molecule has 3 rings (SSSR count). The highest BCUT2D eigenvalue weighted by atomic mass is 35.5. The molecular weight excluding hydrogens is 414 g/mol. The van der Waals surface area contributed by atoms with Crippen molar-refractivity contribution in [3.8, 4) is 11.1 Å². The molecule has 0 saturated heterocycles. The molecule has 3 aromatic rings. The Bertz CT molecular complexity index is 1090. The average molecular weight is 432 g/mol. The van der Waals surface area contributed by atoms with Crippen LogP contribution < -0.4 is 11.2 Å². The molecule has 0 aliphatic heterocycles. The minimum atomic E-state index is -1.73. The fourth-order valence-corrected chi connectivity index (χ4v) is 2.91. The lowest BCUT2D eigenvalue weighted by Crippen LogP contribution is -2.47. The number of carbonyl (C=O) groups is 2. The normalized spacial score (nSPS) is 12.0. The molecule has 0 aliphatic carbocycles. The summed E-state index contributed by atoms with van der Waals surface area (Å²) in [6.07, 6.45) is -0.641. The number of hydrogen-bond donors (Lipinski definition) is 4. The third-order valence-electron chi connectivity index (χ3n) is 4.17. The number of rotatable bonds is 8. The lowest BCUT2D eigenvalue weighted by Gasteiger charge is -2.24. The number of hydrazine groups is 1. The van der Waals surface area contributed by atoms with E-state index in [-0.39, 0.29) is 18.8 Å². The van der Waals surface area contributed by atoms with Gasteiger partial charge in [0.05, 0.1) is 12.7 Å². The Morgan fingerprint density at radius 1 is 1.17 bits per heavy atom. The highest BCUT2D eigenvalue weighted by Crippen LogP contribution is 2.23. The topological polar surface area (TPSA) is 136 Å². The van der Waals surface area contributed by atoms with Gasteiger partial charge in [-0.2, -0.15) is 0 Å². The summed E-state index contributed by atoms with van der Waals surface area (Å²) in [4.78, 5) is 36.5. The molecule has 0 unspecified atom stereocenters. The Kier molecular flexibility index (Phi) is 6.68. The summed E-state index contributed by atoms with van der Waals surface area (Å²) in [6, 6.07) is 14.7. The number of aliphatic hydroxyl groups excluding tert-OH is 1. The number of nitrogens with zero attached hydrogens (tertiary/aromatic N) is 1. The first-order chi connectivity index (χ1) is 14.3. The molecule has 0 saturated carbocycles. The van der Waals surface area contributed by atoms with E-state index in [1.54, 1.807) is 18.2 Å². The van der Waals surface area contributed by atoms with Gasteiger partial charge in [0.1, 0.15) is 0 Å². The summed E-state index contributed by atoms with van der Waals surface area (Å²) in [7, 11) is 0. The zero-order valence-electron chi connectivity index (χ0n) is 15.5. The van der Waals surface area contributed by atoms with Crippen molar-refractivity contribution in [3.63, 3.8) is 0 Å². The van der Waals surface area contributed by atoms with Crippen LogP contribution in [0.2, 0.25) is 5.02 Å². The van der Waals surface area contributed by atoms with Gasteiger partial charge in [0, 0.05) is 11.6 Å². The molecule has 1 amide bonds. The van der Waals surface area contributed by atoms with E-state index in [1.165, 1.54) is 5.01 Å². The van der Waals surface area contributed by atoms with Gasteiger partial charge in [-0.05, 0) is 28.8 Å². The molecule has 1 aromatic heterocycles. The Morgan fingerprint density at radius 3 is 2.50 bits per heavy atom. The van der Waals surface area contributed by atoms with Crippen LogP contribution in [-0.4, -0.2) is 44.7 Å². The van der Waals surface area contributed by atoms with Crippen LogP contribution in [0.5, 0.6) is 0 Å². The maximum absolute atomic E-state index is 12.2. The average Bonchev–Trinajstić information content (AvgIpc) is 3.15. The van der Waals surface area contributed by atoms with Gasteiger partial charge >= 0.3 is 17.6 Å². The Morgan fingerprint density at radius 2 is 1.90 bits per heavy atom. The first kappa shape index (κ1) is 21.3. The molecule has 10 heteroatoms. The van der Waals surface area contributed by atoms with Crippen LogP contribution in [0.25, 0.3) is 11.1 Å². The highest BCUT2D eigenvalue weighted by Gasteiger charge is 2.21. The molecule has 1 atom stereocenters. The van der Waals surface area contributed by atoms with Gasteiger partial charge < -0.3 is 14.6 Å². The summed E-state index contributed by atoms with van der Waals surface area (Å²) in [6.45, 7) is -0.285. The summed E-state index contributed by atoms with van der Waals surface area (Å²) in [5.74, 6) is -3.26. The fourth-order valence-electron chi connectivity index (χ4n) is 2.72. The number of carboxylic acids is 1. The SMILES string of the molecule is O=C(NN(Cc1ccc(-c2cccc(Cl)c2)cc1)C[C@@H](O)C(=O)O)c1c[nH]c(=O)o1. The van der Waals surface area contributed by atoms with E-state index in [2.05, 4.69) is 14.8 Å². The van der Waals surface area contributed by atoms with Crippen molar-refractivity contribution in [1.82, 2.24) is 15.4 Å². The third kappa shape index (κ3) is 5.57. The Labute approximate surface area is 175 Å². The molecule has 0 aliphatic rings. The standard InChI is InChI=1S/C20H18ClN3O6/c21-15-3-1-2-14(8-15)13-6-4-12(5-7-13)10-24(11-16(25)19(27)28)23-18(26)17-9-22-20(29)30-17/h1-9,16,25H,10-11H2,(H,22,29)(H,23,26)(H,27,28)/t16-/m1/s1. The lowest BCUT2D eigenvalue weighted by atomic mass is 10.0. The van der Waals surface area contributed by atoms with Crippen LogP contribution >= 0.6 is 11.6 Å². The second kappa shape index (κ2) is 9.40. The molecule has 9 nitrogen and oxygen atoms in total. The zero-order chi connectivity index (χ0) is 21.7. The predicted octanol–water partition coefficient (Wildman–Crippen LogP) is 1.88. The van der Waals surface area contributed by atoms with E-state index in [9.17, 15) is 19.5 Å². The number of H-pyrrole nitrogens is 1. The van der Waals surface area contributed by atoms with Crippen LogP contribution in [0.3, 0.4) is 0 Å². The number of carboxylic acid groups (broad SMARTS) is 1. The molecular formula is C20H18ClN3O6. The summed E-state index contributed by atoms with van der Waals surface area (Å²) in [5.41, 5.74) is 5.04. The number of aromatic amines is 1. The maximum atomic E-state index is 12.2. The number of amides is 1. The molecule has 156 valence electrons. The van der Waals surface area contributed by atoms with Crippen molar-refractivity contribution in [1.29, 1.82) is 0 Å². The fraction of sp³-hybridized carbons (Fsp3) is 0.150. The minimum absolute atomic E-state index is 0.0978. The van der Waals surface area contributed by atoms with Crippen LogP contribution in [0.15, 0.2) is 63.9 Å². The van der Waals surface area contributed by atoms with Gasteiger partial charge in [0.25, 0.3) is 0 Å². The van der Waals surface area contributed by atoms with E-state index >= 15 is 0 Å². The Balaban J connectivity index is 1.75. The monoisotopic (exact) mass is 431 g/mol. The molecule has 0 fully saturated rings. The first-order valence-electron chi connectivity index (χ1n) is 8.82.